The molecule has 0 radical (unpaired) electrons. The first kappa shape index (κ1) is 32.7. The number of urea groups is 1. The van der Waals surface area contributed by atoms with Gasteiger partial charge in [-0.15, -0.1) is 0 Å². The van der Waals surface area contributed by atoms with Gasteiger partial charge in [-0.3, -0.25) is 9.59 Å². The minimum absolute atomic E-state index is 0.175. The number of barbiturate groups is 1. The van der Waals surface area contributed by atoms with E-state index in [-0.39, 0.29) is 12.2 Å². The van der Waals surface area contributed by atoms with Crippen molar-refractivity contribution in [3.63, 3.8) is 0 Å². The highest BCUT2D eigenvalue weighted by molar-refractivity contribution is 6.46. The Kier molecular flexibility index (Phi) is 8.97. The normalized spacial score (nSPS) is 13.9. The number of hydrogen-bond donors (Lipinski definition) is 0. The third-order valence-corrected chi connectivity index (χ3v) is 8.64. The van der Waals surface area contributed by atoms with E-state index >= 15 is 0 Å². The van der Waals surface area contributed by atoms with Crippen LogP contribution in [0.25, 0.3) is 34.3 Å². The third kappa shape index (κ3) is 6.26. The molecular weight excluding hydrogens is 638 g/mol. The Bertz CT molecular complexity index is 2280. The van der Waals surface area contributed by atoms with Gasteiger partial charge in [-0.2, -0.15) is 0 Å². The highest BCUT2D eigenvalue weighted by atomic mass is 16.5. The first-order valence-electron chi connectivity index (χ1n) is 16.6. The first-order valence-corrected chi connectivity index (χ1v) is 16.6. The van der Waals surface area contributed by atoms with E-state index < -0.39 is 23.8 Å². The molecule has 1 aliphatic rings. The molecule has 0 bridgehead atoms. The Balaban J connectivity index is 1.48. The van der Waals surface area contributed by atoms with Crippen LogP contribution in [0.2, 0.25) is 0 Å². The van der Waals surface area contributed by atoms with E-state index in [2.05, 4.69) is 0 Å². The number of aromatic nitrogens is 1. The molecule has 0 aliphatic carbocycles. The van der Waals surface area contributed by atoms with Crippen LogP contribution in [0.4, 0.5) is 16.2 Å². The number of imide groups is 2. The lowest BCUT2D eigenvalue weighted by atomic mass is 10.0. The molecule has 0 unspecified atom stereocenters. The average molecular weight is 672 g/mol. The van der Waals surface area contributed by atoms with Crippen molar-refractivity contribution in [3.8, 4) is 28.2 Å². The maximum Gasteiger partial charge on any atom is 0.343 e. The molecule has 7 rings (SSSR count). The van der Waals surface area contributed by atoms with E-state index in [9.17, 15) is 19.2 Å². The molecule has 1 saturated heterocycles. The van der Waals surface area contributed by atoms with Crippen LogP contribution in [-0.4, -0.2) is 35.0 Å². The number of anilines is 2. The van der Waals surface area contributed by atoms with Gasteiger partial charge in [0.25, 0.3) is 11.8 Å². The summed E-state index contributed by atoms with van der Waals surface area (Å²) >= 11 is 0. The fourth-order valence-corrected chi connectivity index (χ4v) is 6.19. The van der Waals surface area contributed by atoms with Crippen LogP contribution in [0.5, 0.6) is 0 Å². The molecule has 4 amide bonds. The lowest BCUT2D eigenvalue weighted by Crippen LogP contribution is -2.57. The molecule has 250 valence electrons. The predicted octanol–water partition coefficient (Wildman–Crippen LogP) is 8.88. The van der Waals surface area contributed by atoms with Crippen LogP contribution in [0.3, 0.4) is 0 Å². The van der Waals surface area contributed by atoms with Crippen molar-refractivity contribution in [1.82, 2.24) is 4.57 Å². The van der Waals surface area contributed by atoms with Crippen molar-refractivity contribution in [3.05, 3.63) is 168 Å². The van der Waals surface area contributed by atoms with Gasteiger partial charge in [0, 0.05) is 11.3 Å². The Morgan fingerprint density at radius 2 is 1.14 bits per heavy atom. The number of ether oxygens (including phenoxy) is 1. The van der Waals surface area contributed by atoms with Crippen LogP contribution in [0.15, 0.2) is 151 Å². The number of nitrogens with zero attached hydrogens (tertiary/aromatic N) is 3. The second kappa shape index (κ2) is 14.0. The Morgan fingerprint density at radius 1 is 0.627 bits per heavy atom. The first-order chi connectivity index (χ1) is 24.9. The molecule has 0 atom stereocenters. The Hall–Kier alpha value is -6.80. The zero-order chi connectivity index (χ0) is 35.5. The van der Waals surface area contributed by atoms with E-state index in [1.807, 2.05) is 102 Å². The van der Waals surface area contributed by atoms with E-state index in [4.69, 9.17) is 4.74 Å². The summed E-state index contributed by atoms with van der Waals surface area (Å²) in [5.41, 5.74) is 6.41. The zero-order valence-electron chi connectivity index (χ0n) is 28.0. The van der Waals surface area contributed by atoms with Crippen molar-refractivity contribution in [2.45, 2.75) is 13.8 Å². The van der Waals surface area contributed by atoms with Crippen LogP contribution in [-0.2, 0) is 14.3 Å². The smallest absolute Gasteiger partial charge is 0.343 e. The summed E-state index contributed by atoms with van der Waals surface area (Å²) in [7, 11) is 0. The fraction of sp³-hybridized carbons (Fsp3) is 0.0698. The minimum atomic E-state index is -0.760. The molecule has 5 aromatic carbocycles. The molecule has 2 heterocycles. The zero-order valence-corrected chi connectivity index (χ0v) is 28.0. The van der Waals surface area contributed by atoms with Crippen LogP contribution in [0.1, 0.15) is 28.4 Å². The molecule has 0 N–H and O–H groups in total. The molecule has 8 heteroatoms. The number of rotatable bonds is 8. The third-order valence-electron chi connectivity index (χ3n) is 8.64. The number of carbonyl (C=O) groups excluding carboxylic acids is 4. The molecule has 1 aliphatic heterocycles. The SMILES string of the molecule is CCOC(=O)c1ccc(-n2c(-c3ccccc3)cc(/C=C3/C(=O)N(c4ccccc4)C(=O)N(c4ccc(C)cc4)C3=O)c2-c2ccccc2)cc1. The van der Waals surface area contributed by atoms with Crippen molar-refractivity contribution < 1.29 is 23.9 Å². The van der Waals surface area contributed by atoms with Crippen molar-refractivity contribution >= 4 is 41.3 Å². The minimum Gasteiger partial charge on any atom is -0.462 e. The van der Waals surface area contributed by atoms with Crippen molar-refractivity contribution in [2.75, 3.05) is 16.4 Å². The summed E-state index contributed by atoms with van der Waals surface area (Å²) in [6.07, 6.45) is 1.58. The summed E-state index contributed by atoms with van der Waals surface area (Å²) in [6, 6.07) is 43.3. The fourth-order valence-electron chi connectivity index (χ4n) is 6.19. The highest BCUT2D eigenvalue weighted by Crippen LogP contribution is 2.39. The van der Waals surface area contributed by atoms with Crippen LogP contribution >= 0.6 is 0 Å². The molecule has 1 aromatic heterocycles. The number of aryl methyl sites for hydroxylation is 1. The maximum absolute atomic E-state index is 14.4. The van der Waals surface area contributed by atoms with Crippen LogP contribution < -0.4 is 9.80 Å². The van der Waals surface area contributed by atoms with Gasteiger partial charge in [-0.1, -0.05) is 96.6 Å². The van der Waals surface area contributed by atoms with Gasteiger partial charge in [0.15, 0.2) is 0 Å². The largest absolute Gasteiger partial charge is 0.462 e. The Morgan fingerprint density at radius 3 is 1.71 bits per heavy atom. The lowest BCUT2D eigenvalue weighted by Gasteiger charge is -2.34. The molecule has 1 fully saturated rings. The van der Waals surface area contributed by atoms with Gasteiger partial charge in [0.05, 0.1) is 34.9 Å². The quantitative estimate of drug-likeness (QED) is 0.0916. The molecular formula is C43H33N3O5. The number of benzene rings is 5. The number of para-hydroxylation sites is 1. The standard InChI is InChI=1S/C43H33N3O5/c1-3-51-42(49)32-21-25-35(26-22-32)44-38(30-13-7-4-8-14-30)28-33(39(44)31-15-9-5-10-16-31)27-37-40(47)45(34-17-11-6-12-18-34)43(50)46(41(37)48)36-23-19-29(2)20-24-36/h4-28H,3H2,1-2H3/b37-27-. The summed E-state index contributed by atoms with van der Waals surface area (Å²) in [6.45, 7) is 3.94. The molecule has 0 spiro atoms. The monoisotopic (exact) mass is 671 g/mol. The maximum atomic E-state index is 14.4. The summed E-state index contributed by atoms with van der Waals surface area (Å²) in [5.74, 6) is -1.88. The predicted molar refractivity (Wildman–Crippen MR) is 199 cm³/mol. The topological polar surface area (TPSA) is 88.9 Å². The van der Waals surface area contributed by atoms with E-state index in [1.54, 1.807) is 67.6 Å². The second-order valence-electron chi connectivity index (χ2n) is 12.0. The highest BCUT2D eigenvalue weighted by Gasteiger charge is 2.44. The number of hydrogen-bond acceptors (Lipinski definition) is 5. The lowest BCUT2D eigenvalue weighted by molar-refractivity contribution is -0.121. The second-order valence-corrected chi connectivity index (χ2v) is 12.0. The van der Waals surface area contributed by atoms with E-state index in [1.165, 1.54) is 0 Å². The van der Waals surface area contributed by atoms with Gasteiger partial charge in [0.2, 0.25) is 0 Å². The van der Waals surface area contributed by atoms with Gasteiger partial charge in [0.1, 0.15) is 5.57 Å². The summed E-state index contributed by atoms with van der Waals surface area (Å²) in [5, 5.41) is 0. The van der Waals surface area contributed by atoms with Gasteiger partial charge < -0.3 is 9.30 Å². The average Bonchev–Trinajstić information content (AvgIpc) is 3.54. The molecule has 51 heavy (non-hydrogen) atoms. The molecule has 6 aromatic rings. The summed E-state index contributed by atoms with van der Waals surface area (Å²) < 4.78 is 7.26. The molecule has 0 saturated carbocycles. The summed E-state index contributed by atoms with van der Waals surface area (Å²) in [4.78, 5) is 57.4. The number of carbonyl (C=O) groups is 4. The van der Waals surface area contributed by atoms with Gasteiger partial charge in [-0.05, 0) is 85.6 Å². The number of amides is 4. The number of esters is 1. The van der Waals surface area contributed by atoms with Crippen molar-refractivity contribution in [2.24, 2.45) is 0 Å². The molecule has 8 nitrogen and oxygen atoms in total. The van der Waals surface area contributed by atoms with Crippen molar-refractivity contribution in [1.29, 1.82) is 0 Å². The van der Waals surface area contributed by atoms with E-state index in [0.717, 1.165) is 37.9 Å². The Labute approximate surface area is 295 Å². The van der Waals surface area contributed by atoms with Gasteiger partial charge >= 0.3 is 12.0 Å². The van der Waals surface area contributed by atoms with Gasteiger partial charge in [-0.25, -0.2) is 19.4 Å². The van der Waals surface area contributed by atoms with Crippen LogP contribution in [0, 0.1) is 6.92 Å². The van der Waals surface area contributed by atoms with E-state index in [0.29, 0.717) is 28.2 Å².